The normalized spacial score (nSPS) is 10.2. The molecule has 0 fully saturated rings. The van der Waals surface area contributed by atoms with Crippen molar-refractivity contribution in [3.8, 4) is 0 Å². The third-order valence-electron chi connectivity index (χ3n) is 2.64. The van der Waals surface area contributed by atoms with Gasteiger partial charge in [-0.15, -0.1) is 0 Å². The third-order valence-corrected chi connectivity index (χ3v) is 2.85. The van der Waals surface area contributed by atoms with Crippen molar-refractivity contribution in [2.75, 3.05) is 11.9 Å². The molecule has 0 aliphatic heterocycles. The molecule has 0 bridgehead atoms. The average molecular weight is 278 g/mol. The largest absolute Gasteiger partial charge is 0.350 e. The molecular weight excluding hydrogens is 266 g/mol. The highest BCUT2D eigenvalue weighted by Gasteiger charge is 2.19. The van der Waals surface area contributed by atoms with E-state index in [1.807, 2.05) is 30.3 Å². The first-order chi connectivity index (χ1) is 9.08. The Morgan fingerprint density at radius 2 is 1.95 bits per heavy atom. The van der Waals surface area contributed by atoms with E-state index in [2.05, 4.69) is 4.98 Å². The monoisotopic (exact) mass is 277 g/mol. The summed E-state index contributed by atoms with van der Waals surface area (Å²) in [6.45, 7) is 0.523. The predicted molar refractivity (Wildman–Crippen MR) is 74.5 cm³/mol. The molecule has 6 heteroatoms. The smallest absolute Gasteiger partial charge is 0.311 e. The van der Waals surface area contributed by atoms with Gasteiger partial charge in [0.25, 0.3) is 0 Å². The lowest BCUT2D eigenvalue weighted by Gasteiger charge is -2.18. The van der Waals surface area contributed by atoms with Gasteiger partial charge in [0.05, 0.1) is 4.92 Å². The van der Waals surface area contributed by atoms with Crippen LogP contribution in [-0.2, 0) is 6.54 Å². The summed E-state index contributed by atoms with van der Waals surface area (Å²) in [5.41, 5.74) is 0.990. The van der Waals surface area contributed by atoms with Gasteiger partial charge in [-0.3, -0.25) is 10.1 Å². The molecule has 0 spiro atoms. The fourth-order valence-electron chi connectivity index (χ4n) is 1.77. The first-order valence-corrected chi connectivity index (χ1v) is 6.01. The standard InChI is InChI=1S/C13H12ClN3O2/c1-16(9-10-5-3-2-4-6-10)13-11(17(18)19)7-8-12(14)15-13/h2-8H,9H2,1H3. The lowest BCUT2D eigenvalue weighted by atomic mass is 10.2. The molecule has 0 aliphatic rings. The number of rotatable bonds is 4. The summed E-state index contributed by atoms with van der Waals surface area (Å²) in [4.78, 5) is 16.3. The second-order valence-corrected chi connectivity index (χ2v) is 4.46. The van der Waals surface area contributed by atoms with Crippen molar-refractivity contribution in [1.29, 1.82) is 0 Å². The van der Waals surface area contributed by atoms with Crippen LogP contribution in [0.5, 0.6) is 0 Å². The maximum Gasteiger partial charge on any atom is 0.311 e. The van der Waals surface area contributed by atoms with E-state index in [0.29, 0.717) is 6.54 Å². The van der Waals surface area contributed by atoms with Crippen molar-refractivity contribution in [3.63, 3.8) is 0 Å². The zero-order valence-electron chi connectivity index (χ0n) is 10.3. The summed E-state index contributed by atoms with van der Waals surface area (Å²) in [7, 11) is 1.75. The number of nitro groups is 1. The fourth-order valence-corrected chi connectivity index (χ4v) is 1.92. The molecule has 0 N–H and O–H groups in total. The Hall–Kier alpha value is -2.14. The number of benzene rings is 1. The lowest BCUT2D eigenvalue weighted by molar-refractivity contribution is -0.384. The van der Waals surface area contributed by atoms with Crippen LogP contribution in [0.25, 0.3) is 0 Å². The number of pyridine rings is 1. The van der Waals surface area contributed by atoms with Gasteiger partial charge in [-0.1, -0.05) is 41.9 Å². The Bertz CT molecular complexity index is 590. The van der Waals surface area contributed by atoms with Crippen LogP contribution in [0.15, 0.2) is 42.5 Å². The molecule has 0 aliphatic carbocycles. The molecule has 0 amide bonds. The lowest BCUT2D eigenvalue weighted by Crippen LogP contribution is -2.19. The van der Waals surface area contributed by atoms with Gasteiger partial charge in [-0.05, 0) is 11.6 Å². The van der Waals surface area contributed by atoms with Crippen molar-refractivity contribution in [2.45, 2.75) is 6.54 Å². The third kappa shape index (κ3) is 3.20. The topological polar surface area (TPSA) is 59.3 Å². The molecule has 1 heterocycles. The van der Waals surface area contributed by atoms with Gasteiger partial charge in [0.2, 0.25) is 5.82 Å². The quantitative estimate of drug-likeness (QED) is 0.489. The average Bonchev–Trinajstić information content (AvgIpc) is 2.39. The van der Waals surface area contributed by atoms with E-state index in [4.69, 9.17) is 11.6 Å². The summed E-state index contributed by atoms with van der Waals surface area (Å²) in [5.74, 6) is 0.265. The molecule has 98 valence electrons. The Balaban J connectivity index is 2.30. The number of halogens is 1. The van der Waals surface area contributed by atoms with Gasteiger partial charge < -0.3 is 4.90 Å². The maximum absolute atomic E-state index is 11.0. The van der Waals surface area contributed by atoms with Gasteiger partial charge in [0.1, 0.15) is 5.15 Å². The zero-order chi connectivity index (χ0) is 13.8. The molecule has 0 saturated heterocycles. The number of hydrogen-bond donors (Lipinski definition) is 0. The molecule has 0 radical (unpaired) electrons. The Morgan fingerprint density at radius 1 is 1.26 bits per heavy atom. The first-order valence-electron chi connectivity index (χ1n) is 5.64. The van der Waals surface area contributed by atoms with Crippen molar-refractivity contribution in [2.24, 2.45) is 0 Å². The molecule has 5 nitrogen and oxygen atoms in total. The molecule has 0 atom stereocenters. The molecule has 19 heavy (non-hydrogen) atoms. The van der Waals surface area contributed by atoms with Gasteiger partial charge in [0.15, 0.2) is 0 Å². The maximum atomic E-state index is 11.0. The summed E-state index contributed by atoms with van der Waals surface area (Å²) in [6.07, 6.45) is 0. The van der Waals surface area contributed by atoms with E-state index in [1.54, 1.807) is 11.9 Å². The van der Waals surface area contributed by atoms with Crippen molar-refractivity contribution in [3.05, 3.63) is 63.3 Å². The first kappa shape index (κ1) is 13.3. The Kier molecular flexibility index (Phi) is 3.97. The van der Waals surface area contributed by atoms with E-state index in [1.165, 1.54) is 12.1 Å². The van der Waals surface area contributed by atoms with Gasteiger partial charge in [-0.2, -0.15) is 0 Å². The summed E-state index contributed by atoms with van der Waals surface area (Å²) in [5, 5.41) is 11.2. The Morgan fingerprint density at radius 3 is 2.58 bits per heavy atom. The molecule has 2 rings (SSSR count). The van der Waals surface area contributed by atoms with Crippen molar-refractivity contribution >= 4 is 23.1 Å². The molecule has 1 aromatic carbocycles. The molecule has 2 aromatic rings. The molecule has 1 aromatic heterocycles. The second-order valence-electron chi connectivity index (χ2n) is 4.08. The fraction of sp³-hybridized carbons (Fsp3) is 0.154. The minimum absolute atomic E-state index is 0.0529. The molecule has 0 unspecified atom stereocenters. The van der Waals surface area contributed by atoms with E-state index in [9.17, 15) is 10.1 Å². The van der Waals surface area contributed by atoms with Crippen LogP contribution in [0.4, 0.5) is 11.5 Å². The van der Waals surface area contributed by atoms with Crippen LogP contribution in [0, 0.1) is 10.1 Å². The van der Waals surface area contributed by atoms with Crippen LogP contribution in [0.1, 0.15) is 5.56 Å². The highest BCUT2D eigenvalue weighted by atomic mass is 35.5. The highest BCUT2D eigenvalue weighted by molar-refractivity contribution is 6.29. The van der Waals surface area contributed by atoms with E-state index in [-0.39, 0.29) is 16.7 Å². The minimum atomic E-state index is -0.458. The summed E-state index contributed by atoms with van der Waals surface area (Å²) >= 11 is 5.81. The van der Waals surface area contributed by atoms with Crippen LogP contribution in [-0.4, -0.2) is 17.0 Å². The predicted octanol–water partition coefficient (Wildman–Crippen LogP) is 3.28. The Labute approximate surface area is 115 Å². The van der Waals surface area contributed by atoms with Crippen LogP contribution < -0.4 is 4.90 Å². The van der Waals surface area contributed by atoms with E-state index in [0.717, 1.165) is 5.56 Å². The van der Waals surface area contributed by atoms with Crippen LogP contribution >= 0.6 is 11.6 Å². The molecular formula is C13H12ClN3O2. The van der Waals surface area contributed by atoms with Gasteiger partial charge >= 0.3 is 5.69 Å². The van der Waals surface area contributed by atoms with Crippen molar-refractivity contribution < 1.29 is 4.92 Å². The number of anilines is 1. The number of aromatic nitrogens is 1. The minimum Gasteiger partial charge on any atom is -0.350 e. The van der Waals surface area contributed by atoms with Crippen LogP contribution in [0.2, 0.25) is 5.15 Å². The van der Waals surface area contributed by atoms with E-state index >= 15 is 0 Å². The second kappa shape index (κ2) is 5.67. The summed E-state index contributed by atoms with van der Waals surface area (Å²) in [6, 6.07) is 12.4. The zero-order valence-corrected chi connectivity index (χ0v) is 11.0. The highest BCUT2D eigenvalue weighted by Crippen LogP contribution is 2.27. The van der Waals surface area contributed by atoms with Gasteiger partial charge in [-0.25, -0.2) is 4.98 Å². The van der Waals surface area contributed by atoms with E-state index < -0.39 is 4.92 Å². The SMILES string of the molecule is CN(Cc1ccccc1)c1nc(Cl)ccc1[N+](=O)[O-]. The number of nitrogens with zero attached hydrogens (tertiary/aromatic N) is 3. The summed E-state index contributed by atoms with van der Waals surface area (Å²) < 4.78 is 0. The van der Waals surface area contributed by atoms with Crippen molar-refractivity contribution in [1.82, 2.24) is 4.98 Å². The van der Waals surface area contributed by atoms with Gasteiger partial charge in [0, 0.05) is 19.7 Å². The molecule has 0 saturated carbocycles. The van der Waals surface area contributed by atoms with Crippen LogP contribution in [0.3, 0.4) is 0 Å². The number of hydrogen-bond acceptors (Lipinski definition) is 4.